The second-order valence-electron chi connectivity index (χ2n) is 34.0. The maximum Gasteiger partial charge on any atom is 0.303 e. The van der Waals surface area contributed by atoms with Gasteiger partial charge in [-0.2, -0.15) is 0 Å². The number of nitrogens with one attached hydrogen (secondary N) is 17. The summed E-state index contributed by atoms with van der Waals surface area (Å²) in [6, 6.07) is -16.1. The molecule has 4 heterocycles. The maximum atomic E-state index is 17.0. The number of fused-ring (bicyclic) bond motifs is 3. The highest BCUT2D eigenvalue weighted by molar-refractivity contribution is 7.91. The lowest BCUT2D eigenvalue weighted by atomic mass is 9.80. The van der Waals surface area contributed by atoms with Crippen LogP contribution in [0.4, 0.5) is 55.3 Å². The molecular formula is C88H105F10N19O23S. The number of para-hydroxylation sites is 1. The Kier molecular flexibility index (Phi) is 39.3. The van der Waals surface area contributed by atoms with E-state index < -0.39 is 363 Å². The number of H-pyrrole nitrogens is 1. The van der Waals surface area contributed by atoms with Crippen LogP contribution in [0.15, 0.2) is 82.7 Å². The van der Waals surface area contributed by atoms with Crippen molar-refractivity contribution in [3.8, 4) is 5.75 Å². The lowest BCUT2D eigenvalue weighted by molar-refractivity contribution is -0.139. The third-order valence-electron chi connectivity index (χ3n) is 22.6. The first kappa shape index (κ1) is 111. The Morgan fingerprint density at radius 3 is 1.56 bits per heavy atom. The largest absolute Gasteiger partial charge is 0.508 e. The summed E-state index contributed by atoms with van der Waals surface area (Å²) < 4.78 is 194. The van der Waals surface area contributed by atoms with Crippen molar-refractivity contribution >= 4 is 133 Å². The van der Waals surface area contributed by atoms with Crippen LogP contribution in [0.3, 0.4) is 0 Å². The molecule has 766 valence electrons. The zero-order valence-electron chi connectivity index (χ0n) is 76.2. The van der Waals surface area contributed by atoms with Gasteiger partial charge in [0.25, 0.3) is 0 Å². The number of amides is 16. The molecular weight excluding hydrogens is 1910 g/mol. The fourth-order valence-electron chi connectivity index (χ4n) is 14.7. The monoisotopic (exact) mass is 2020 g/mol. The Balaban J connectivity index is 1.31. The van der Waals surface area contributed by atoms with Gasteiger partial charge in [-0.15, -0.1) is 0 Å². The molecule has 0 saturated heterocycles. The number of aliphatic hydroxyl groups excluding tert-OH is 2. The van der Waals surface area contributed by atoms with Crippen molar-refractivity contribution in [2.75, 3.05) is 30.3 Å². The van der Waals surface area contributed by atoms with E-state index in [4.69, 9.17) is 11.5 Å². The first-order valence-electron chi connectivity index (χ1n) is 43.7. The number of phenols is 1. The second-order valence-corrected chi connectivity index (χ2v) is 35.8. The van der Waals surface area contributed by atoms with Gasteiger partial charge in [-0.05, 0) is 112 Å². The number of aromatic nitrogens is 1. The number of aromatic hydroxyl groups is 1. The van der Waals surface area contributed by atoms with E-state index in [9.17, 15) is 90.8 Å². The van der Waals surface area contributed by atoms with Gasteiger partial charge in [0.05, 0.1) is 12.7 Å². The topological polar surface area (TPSA) is 666 Å². The van der Waals surface area contributed by atoms with Crippen LogP contribution in [0.25, 0.3) is 10.9 Å². The van der Waals surface area contributed by atoms with Crippen molar-refractivity contribution in [3.63, 3.8) is 0 Å². The minimum Gasteiger partial charge on any atom is -0.508 e. The summed E-state index contributed by atoms with van der Waals surface area (Å²) in [5.41, 5.74) is 6.55. The molecule has 53 heteroatoms. The average Bonchev–Trinajstić information content (AvgIpc) is 0.992. The number of phenolic OH excluding ortho intramolecular Hbond substituents is 1. The molecule has 1 fully saturated rings. The summed E-state index contributed by atoms with van der Waals surface area (Å²) in [5, 5.41) is 76.3. The third kappa shape index (κ3) is 29.9. The van der Waals surface area contributed by atoms with Crippen molar-refractivity contribution in [1.29, 1.82) is 0 Å². The normalized spacial score (nSPS) is 20.3. The molecule has 1 aliphatic carbocycles. The number of benzene rings is 5. The molecule has 1 saturated carbocycles. The van der Waals surface area contributed by atoms with Gasteiger partial charge in [-0.25, -0.2) is 52.3 Å². The Morgan fingerprint density at radius 1 is 0.518 bits per heavy atom. The lowest BCUT2D eigenvalue weighted by Crippen LogP contribution is -2.62. The molecule has 0 spiro atoms. The number of primary amides is 2. The zero-order chi connectivity index (χ0) is 105. The summed E-state index contributed by atoms with van der Waals surface area (Å²) in [6.07, 6.45) is -6.05. The Morgan fingerprint density at radius 2 is 1.03 bits per heavy atom. The molecule has 0 unspecified atom stereocenters. The molecule has 4 bridgehead atoms. The summed E-state index contributed by atoms with van der Waals surface area (Å²) in [7, 11) is -7.20. The van der Waals surface area contributed by atoms with Crippen LogP contribution in [0.2, 0.25) is 0 Å². The first-order chi connectivity index (χ1) is 66.2. The molecule has 15 atom stereocenters. The summed E-state index contributed by atoms with van der Waals surface area (Å²) in [5.74, 6) is -52.9. The Bertz CT molecular complexity index is 5830. The highest BCUT2D eigenvalue weighted by Gasteiger charge is 2.45. The van der Waals surface area contributed by atoms with Gasteiger partial charge in [0, 0.05) is 69.2 Å². The van der Waals surface area contributed by atoms with Crippen LogP contribution in [0, 0.1) is 70.0 Å². The predicted octanol–water partition coefficient (Wildman–Crippen LogP) is -1.25. The van der Waals surface area contributed by atoms with E-state index in [1.807, 2.05) is 16.0 Å². The van der Waals surface area contributed by atoms with Crippen molar-refractivity contribution in [1.82, 2.24) is 79.4 Å². The third-order valence-corrected chi connectivity index (χ3v) is 24.4. The first-order valence-corrected chi connectivity index (χ1v) is 45.2. The molecule has 141 heavy (non-hydrogen) atoms. The van der Waals surface area contributed by atoms with E-state index in [-0.39, 0.29) is 29.2 Å². The van der Waals surface area contributed by atoms with Crippen LogP contribution in [0.5, 0.6) is 5.75 Å². The van der Waals surface area contributed by atoms with Gasteiger partial charge in [0.1, 0.15) is 112 Å². The fraction of sp³-hybridized carbons (Fsp3) is 0.443. The van der Waals surface area contributed by atoms with Crippen molar-refractivity contribution < 1.29 is 154 Å². The second kappa shape index (κ2) is 49.7. The molecule has 1 aromatic heterocycles. The van der Waals surface area contributed by atoms with Gasteiger partial charge in [0.2, 0.25) is 104 Å². The summed E-state index contributed by atoms with van der Waals surface area (Å²) in [4.78, 5) is 236. The molecule has 0 radical (unpaired) electrons. The summed E-state index contributed by atoms with van der Waals surface area (Å²) >= 11 is 0. The van der Waals surface area contributed by atoms with E-state index >= 15 is 63.5 Å². The predicted molar refractivity (Wildman–Crippen MR) is 473 cm³/mol. The molecule has 16 amide bonds. The quantitative estimate of drug-likeness (QED) is 0.0173. The number of hydrogen-bond acceptors (Lipinski definition) is 24. The maximum absolute atomic E-state index is 17.0. The number of carbonyl (C=O) groups is 17. The number of anilines is 2. The molecule has 5 aromatic carbocycles. The van der Waals surface area contributed by atoms with E-state index in [0.717, 1.165) is 52.8 Å². The van der Waals surface area contributed by atoms with E-state index in [0.29, 0.717) is 42.3 Å². The average molecular weight is 2020 g/mol. The van der Waals surface area contributed by atoms with Crippen molar-refractivity contribution in [2.24, 2.45) is 23.3 Å². The van der Waals surface area contributed by atoms with Gasteiger partial charge in [0.15, 0.2) is 58.2 Å². The van der Waals surface area contributed by atoms with Crippen LogP contribution in [-0.2, 0) is 111 Å². The van der Waals surface area contributed by atoms with Crippen LogP contribution in [-0.4, -0.2) is 245 Å². The van der Waals surface area contributed by atoms with E-state index in [1.54, 1.807) is 48.7 Å². The minimum absolute atomic E-state index is 0.0493. The molecule has 10 rings (SSSR count). The summed E-state index contributed by atoms with van der Waals surface area (Å²) in [6.45, 7) is 3.50. The number of hydrogen-bond donors (Lipinski definition) is 23. The smallest absolute Gasteiger partial charge is 0.303 e. The minimum atomic E-state index is -7.20. The number of carboxylic acids is 1. The number of aliphatic carboxylic acids is 1. The number of aliphatic hydroxyl groups is 2. The van der Waals surface area contributed by atoms with Crippen LogP contribution < -0.4 is 96.5 Å². The highest BCUT2D eigenvalue weighted by Crippen LogP contribution is 2.40. The van der Waals surface area contributed by atoms with Gasteiger partial charge in [-0.3, -0.25) is 81.5 Å². The number of carboxylic acid groups (broad SMARTS) is 1. The number of sulfone groups is 1. The standard InChI is InChI=1S/C88H105F10N19O23S/c1-35(2)25-52(107-40(7)120)84(134)117-70(39(6)119)88(138)113-55(29-43-17-20-47(89)48(90)26-43)83(133)114-57-32-102-71-62(91)66(95)73(67(96)63(71)92)141(139,140)74-68(97)64(93)72(65(94)69(74)98)103-33-58(86(136)116-59(34-118)87(137)106-37(4)76(126)104-36(3)75(100)125)115-82(132)53(27-41-11-10-12-41)110-78(128)50(21-23-60(99)122)108-77(127)38(5)105-80(130)56(30-44-31-101-49-14-9-8-13-46(44)49)112-81(131)54(28-42-15-18-45(121)19-16-42)111-79(129)51(109-85(57)135)22-24-61(123)124/h8-9,13-20,26,31,35-39,41,50-59,70,101-103,118-119,121H,10-12,21-25,27-30,32-34H2,1-7H3,(H2,99,122)(H2,100,125)(H,104,126)(H,105,130)(H,106,137)(H,107,120)(H,108,127)(H,109,135)(H,110,128)(H,111,129)(H,112,131)(H,113,138)(H,114,133)(H,115,132)(H,116,136)(H,117,134)(H,123,124)/t36-,37-,38-,39+,50-,51-,52-,53-,54-,55-,56-,57-,58+,59-,70-/m0/s1. The van der Waals surface area contributed by atoms with E-state index in [2.05, 4.69) is 63.5 Å². The van der Waals surface area contributed by atoms with E-state index in [1.165, 1.54) is 18.3 Å². The molecule has 6 aromatic rings. The van der Waals surface area contributed by atoms with Crippen LogP contribution >= 0.6 is 0 Å². The van der Waals surface area contributed by atoms with Gasteiger partial charge < -0.3 is 122 Å². The number of halogens is 10. The molecule has 42 nitrogen and oxygen atoms in total. The number of nitrogens with two attached hydrogens (primary N) is 2. The number of aromatic amines is 1. The fourth-order valence-corrected chi connectivity index (χ4v) is 16.2. The van der Waals surface area contributed by atoms with Crippen molar-refractivity contribution in [2.45, 2.75) is 226 Å². The number of carbonyl (C=O) groups excluding carboxylic acids is 16. The molecule has 3 aliphatic heterocycles. The SMILES string of the molecule is CC(=O)N[C@@H](CC(C)C)C(=O)N[C@H](C(=O)N[C@@H](Cc1ccc(F)c(F)c1)C(=O)N[C@H]1CNc2c(F)c(F)c(c(F)c2F)S(=O)(=O)c2c(F)c(F)c(c(F)c2F)NC[C@H](C(=O)N[C@@H](CO)C(=O)N[C@@H](C)C(=O)N[C@@H](C)C(N)=O)NC(=O)[C@H](CC2CCC2)NC(=O)[C@H](CCC(N)=O)NC(=O)[C@H](C)NC(=O)[C@H](Cc2c[nH]c3ccccc23)NC(=O)[C@H](Cc2ccc(O)cc2)NC(=O)[C@H](CCC(=O)O)NC1=O)[C@@H](C)O. The molecule has 25 N–H and O–H groups in total. The Hall–Kier alpha value is -14.8. The van der Waals surface area contributed by atoms with Crippen LogP contribution in [0.1, 0.15) is 123 Å². The Labute approximate surface area is 796 Å². The lowest BCUT2D eigenvalue weighted by Gasteiger charge is -2.32. The van der Waals surface area contributed by atoms with Crippen molar-refractivity contribution in [3.05, 3.63) is 148 Å². The number of rotatable bonds is 32. The zero-order valence-corrected chi connectivity index (χ0v) is 77.1. The highest BCUT2D eigenvalue weighted by atomic mass is 32.2. The van der Waals surface area contributed by atoms with Gasteiger partial charge in [-0.1, -0.05) is 69.5 Å². The van der Waals surface area contributed by atoms with Gasteiger partial charge >= 0.3 is 5.97 Å². The molecule has 4 aliphatic rings.